The Hall–Kier alpha value is -0.910. The molecule has 2 saturated carbocycles. The van der Waals surface area contributed by atoms with Crippen molar-refractivity contribution in [2.45, 2.75) is 49.9 Å². The summed E-state index contributed by atoms with van der Waals surface area (Å²) in [5.41, 5.74) is 0. The van der Waals surface area contributed by atoms with E-state index < -0.39 is 52.8 Å². The lowest BCUT2D eigenvalue weighted by atomic mass is 9.70. The number of carbonyl (C=O) groups is 1. The number of alkyl halides is 3. The summed E-state index contributed by atoms with van der Waals surface area (Å²) in [6.45, 7) is 1.01. The van der Waals surface area contributed by atoms with E-state index in [1.165, 1.54) is 0 Å². The van der Waals surface area contributed by atoms with Crippen molar-refractivity contribution in [3.63, 3.8) is 0 Å². The first kappa shape index (κ1) is 19.4. The number of halogens is 3. The average molecular weight is 411 g/mol. The van der Waals surface area contributed by atoms with Gasteiger partial charge in [0.1, 0.15) is 6.17 Å². The van der Waals surface area contributed by atoms with E-state index in [-0.39, 0.29) is 31.1 Å². The number of aliphatic hydroxyl groups excluding tert-OH is 1. The van der Waals surface area contributed by atoms with Crippen LogP contribution in [0.4, 0.5) is 13.2 Å². The Balaban J connectivity index is 1.45. The first-order valence-corrected chi connectivity index (χ1v) is 10.7. The number of carbonyl (C=O) groups excluding carboxylic acids is 1. The number of likely N-dealkylation sites (tertiary alicyclic amines) is 1. The number of aliphatic hydroxyl groups is 1. The number of hydrogen-bond donors (Lipinski definition) is 2. The molecule has 0 bridgehead atoms. The zero-order valence-electron chi connectivity index (χ0n) is 14.7. The summed E-state index contributed by atoms with van der Waals surface area (Å²) in [4.78, 5) is 13.4. The zero-order chi connectivity index (χ0) is 19.6. The predicted molar refractivity (Wildman–Crippen MR) is 88.8 cm³/mol. The quantitative estimate of drug-likeness (QED) is 0.689. The molecule has 2 aliphatic carbocycles. The van der Waals surface area contributed by atoms with Crippen LogP contribution in [-0.2, 0) is 15.0 Å². The molecule has 4 rings (SSSR count). The van der Waals surface area contributed by atoms with E-state index in [2.05, 4.69) is 0 Å². The topological polar surface area (TPSA) is 90.0 Å². The Morgan fingerprint density at radius 3 is 2.59 bits per heavy atom. The van der Waals surface area contributed by atoms with E-state index in [9.17, 15) is 27.1 Å². The Bertz CT molecular complexity index is 714. The third kappa shape index (κ3) is 3.58. The molecule has 154 valence electrons. The number of hydrogen-bond acceptors (Lipinski definition) is 5. The van der Waals surface area contributed by atoms with Crippen LogP contribution in [0.2, 0.25) is 0 Å². The molecule has 5 unspecified atom stereocenters. The molecule has 7 nitrogen and oxygen atoms in total. The fourth-order valence-electron chi connectivity index (χ4n) is 5.19. The molecule has 4 fully saturated rings. The van der Waals surface area contributed by atoms with Crippen molar-refractivity contribution in [3.05, 3.63) is 0 Å². The van der Waals surface area contributed by atoms with Crippen molar-refractivity contribution < 1.29 is 31.5 Å². The van der Waals surface area contributed by atoms with Gasteiger partial charge in [0.2, 0.25) is 11.8 Å². The Morgan fingerprint density at radius 1 is 1.30 bits per heavy atom. The van der Waals surface area contributed by atoms with Crippen LogP contribution in [0, 0.1) is 17.8 Å². The van der Waals surface area contributed by atoms with Gasteiger partial charge in [-0.15, -0.1) is 0 Å². The lowest BCUT2D eigenvalue weighted by molar-refractivity contribution is -0.126. The van der Waals surface area contributed by atoms with Gasteiger partial charge in [-0.05, 0) is 31.2 Å². The Morgan fingerprint density at radius 2 is 2.00 bits per heavy atom. The molecule has 0 aromatic heterocycles. The number of fused-ring (bicyclic) bond motifs is 1. The van der Waals surface area contributed by atoms with E-state index in [1.54, 1.807) is 0 Å². The molecule has 0 radical (unpaired) electrons. The van der Waals surface area contributed by atoms with Crippen molar-refractivity contribution in [2.75, 3.05) is 26.2 Å². The molecule has 1 amide bonds. The van der Waals surface area contributed by atoms with Gasteiger partial charge in [0, 0.05) is 31.8 Å². The second-order valence-electron chi connectivity index (χ2n) is 8.42. The van der Waals surface area contributed by atoms with Crippen molar-refractivity contribution in [1.29, 1.82) is 0 Å². The predicted octanol–water partition coefficient (Wildman–Crippen LogP) is 0.118. The highest BCUT2D eigenvalue weighted by atomic mass is 32.2. The van der Waals surface area contributed by atoms with Crippen LogP contribution in [0.5, 0.6) is 0 Å². The minimum atomic E-state index is -4.14. The van der Waals surface area contributed by atoms with Crippen LogP contribution in [-0.4, -0.2) is 79.1 Å². The van der Waals surface area contributed by atoms with E-state index in [4.69, 9.17) is 0 Å². The maximum absolute atomic E-state index is 15.3. The van der Waals surface area contributed by atoms with E-state index in [0.717, 1.165) is 4.31 Å². The van der Waals surface area contributed by atoms with Gasteiger partial charge in [0.15, 0.2) is 0 Å². The molecule has 2 N–H and O–H groups in total. The van der Waals surface area contributed by atoms with Crippen LogP contribution in [0.3, 0.4) is 0 Å². The largest absolute Gasteiger partial charge is 0.391 e. The summed E-state index contributed by atoms with van der Waals surface area (Å²) >= 11 is 0. The molecule has 2 heterocycles. The lowest BCUT2D eigenvalue weighted by Crippen LogP contribution is -2.61. The summed E-state index contributed by atoms with van der Waals surface area (Å²) in [6, 6.07) is -1.30. The molecule has 5 atom stereocenters. The molecular formula is C16H24F3N3O4S. The van der Waals surface area contributed by atoms with Gasteiger partial charge in [-0.3, -0.25) is 4.79 Å². The molecule has 4 aliphatic rings. The zero-order valence-corrected chi connectivity index (χ0v) is 15.5. The van der Waals surface area contributed by atoms with Gasteiger partial charge < -0.3 is 10.0 Å². The highest BCUT2D eigenvalue weighted by molar-refractivity contribution is 7.88. The molecule has 0 aromatic rings. The van der Waals surface area contributed by atoms with Crippen molar-refractivity contribution >= 4 is 16.1 Å². The minimum absolute atomic E-state index is 0.0840. The van der Waals surface area contributed by atoms with E-state index in [0.29, 0.717) is 26.1 Å². The van der Waals surface area contributed by atoms with Crippen molar-refractivity contribution in [2.24, 2.45) is 17.8 Å². The fourth-order valence-corrected chi connectivity index (χ4v) is 6.53. The Labute approximate surface area is 156 Å². The number of rotatable bonds is 3. The normalized spacial score (nSPS) is 42.4. The molecule has 0 aromatic carbocycles. The summed E-state index contributed by atoms with van der Waals surface area (Å²) in [7, 11) is -4.14. The van der Waals surface area contributed by atoms with Gasteiger partial charge in [0.25, 0.3) is 0 Å². The van der Waals surface area contributed by atoms with Gasteiger partial charge in [0.05, 0.1) is 18.7 Å². The second kappa shape index (κ2) is 6.57. The second-order valence-corrected chi connectivity index (χ2v) is 10.0. The Kier molecular flexibility index (Phi) is 4.72. The van der Waals surface area contributed by atoms with Crippen molar-refractivity contribution in [1.82, 2.24) is 13.9 Å². The molecule has 2 saturated heterocycles. The first-order chi connectivity index (χ1) is 12.6. The highest BCUT2D eigenvalue weighted by Crippen LogP contribution is 2.45. The van der Waals surface area contributed by atoms with Crippen LogP contribution >= 0.6 is 0 Å². The third-order valence-electron chi connectivity index (χ3n) is 6.44. The third-order valence-corrected chi connectivity index (χ3v) is 7.91. The molecule has 0 spiro atoms. The SMILES string of the molecule is O=C1CN(C2C(O)CC3CCN(CC4CC(F)(F)C4)CC3C2F)S(=O)(=O)N1. The van der Waals surface area contributed by atoms with E-state index in [1.807, 2.05) is 9.62 Å². The number of nitrogens with zero attached hydrogens (tertiary/aromatic N) is 2. The minimum Gasteiger partial charge on any atom is -0.391 e. The van der Waals surface area contributed by atoms with Crippen LogP contribution < -0.4 is 4.72 Å². The number of amides is 1. The first-order valence-electron chi connectivity index (χ1n) is 9.30. The summed E-state index contributed by atoms with van der Waals surface area (Å²) in [5.74, 6) is -4.00. The summed E-state index contributed by atoms with van der Waals surface area (Å²) < 4.78 is 68.1. The summed E-state index contributed by atoms with van der Waals surface area (Å²) in [6.07, 6.45) is -2.17. The highest BCUT2D eigenvalue weighted by Gasteiger charge is 2.54. The molecule has 11 heteroatoms. The number of nitrogens with one attached hydrogen (secondary N) is 1. The average Bonchev–Trinajstić information content (AvgIpc) is 2.79. The van der Waals surface area contributed by atoms with Gasteiger partial charge in [-0.25, -0.2) is 17.9 Å². The summed E-state index contributed by atoms with van der Waals surface area (Å²) in [5, 5.41) is 10.4. The van der Waals surface area contributed by atoms with Crippen LogP contribution in [0.25, 0.3) is 0 Å². The smallest absolute Gasteiger partial charge is 0.304 e. The van der Waals surface area contributed by atoms with Gasteiger partial charge in [-0.1, -0.05) is 0 Å². The monoisotopic (exact) mass is 411 g/mol. The van der Waals surface area contributed by atoms with Crippen LogP contribution in [0.15, 0.2) is 0 Å². The fraction of sp³-hybridized carbons (Fsp3) is 0.938. The van der Waals surface area contributed by atoms with Crippen molar-refractivity contribution in [3.8, 4) is 0 Å². The maximum Gasteiger partial charge on any atom is 0.304 e. The van der Waals surface area contributed by atoms with Gasteiger partial charge in [-0.2, -0.15) is 12.7 Å². The van der Waals surface area contributed by atoms with Crippen LogP contribution in [0.1, 0.15) is 25.7 Å². The molecule has 2 aliphatic heterocycles. The number of piperidine rings is 1. The van der Waals surface area contributed by atoms with E-state index >= 15 is 4.39 Å². The van der Waals surface area contributed by atoms with Gasteiger partial charge >= 0.3 is 10.2 Å². The maximum atomic E-state index is 15.3. The molecule has 27 heavy (non-hydrogen) atoms. The molecular weight excluding hydrogens is 387 g/mol. The lowest BCUT2D eigenvalue weighted by Gasteiger charge is -2.49. The standard InChI is InChI=1S/C16H24F3N3O4S/c17-14-11-7-21(6-9-4-16(18,19)5-9)2-1-10(11)3-12(23)15(14)22-8-13(24)20-27(22,25)26/h9-12,14-15,23H,1-8H2,(H,20,24).